The minimum Gasteiger partial charge on any atom is -0.756 e. The molecule has 0 aromatic carbocycles. The van der Waals surface area contributed by atoms with Crippen LogP contribution in [0.25, 0.3) is 0 Å². The van der Waals surface area contributed by atoms with E-state index in [1.807, 2.05) is 21.1 Å². The summed E-state index contributed by atoms with van der Waals surface area (Å²) in [6.07, 6.45) is 85.0. The van der Waals surface area contributed by atoms with E-state index in [1.54, 1.807) is 0 Å². The van der Waals surface area contributed by atoms with E-state index in [0.29, 0.717) is 23.9 Å². The second-order valence-corrected chi connectivity index (χ2v) is 25.2. The third-order valence-corrected chi connectivity index (χ3v) is 15.9. The van der Waals surface area contributed by atoms with Crippen LogP contribution in [0.5, 0.6) is 0 Å². The maximum absolute atomic E-state index is 13.0. The number of likely N-dealkylation sites (N-methyl/N-ethyl adjacent to an activating group) is 1. The first kappa shape index (κ1) is 76.7. The summed E-state index contributed by atoms with van der Waals surface area (Å²) in [7, 11) is 1.29. The number of phosphoric ester groups is 1. The molecule has 3 atom stereocenters. The van der Waals surface area contributed by atoms with Crippen molar-refractivity contribution in [3.05, 3.63) is 85.1 Å². The summed E-state index contributed by atoms with van der Waals surface area (Å²) in [6.45, 7) is 4.62. The van der Waals surface area contributed by atoms with Crippen molar-refractivity contribution in [2.24, 2.45) is 0 Å². The largest absolute Gasteiger partial charge is 0.756 e. The Morgan fingerprint density at radius 2 is 0.772 bits per heavy atom. The Morgan fingerprint density at radius 3 is 1.13 bits per heavy atom. The fourth-order valence-corrected chi connectivity index (χ4v) is 10.5. The van der Waals surface area contributed by atoms with Crippen LogP contribution in [0.2, 0.25) is 0 Å². The normalized spacial score (nSPS) is 14.3. The smallest absolute Gasteiger partial charge is 0.268 e. The monoisotopic (exact) mass is 1120 g/mol. The second kappa shape index (κ2) is 60.3. The first-order chi connectivity index (χ1) is 38.5. The molecule has 79 heavy (non-hydrogen) atoms. The van der Waals surface area contributed by atoms with Crippen LogP contribution in [0.15, 0.2) is 85.1 Å². The Morgan fingerprint density at radius 1 is 0.456 bits per heavy atom. The van der Waals surface area contributed by atoms with Gasteiger partial charge in [0.05, 0.1) is 39.9 Å². The molecule has 0 aromatic heterocycles. The van der Waals surface area contributed by atoms with Gasteiger partial charge in [-0.3, -0.25) is 9.36 Å². The summed E-state index contributed by atoms with van der Waals surface area (Å²) in [4.78, 5) is 25.6. The van der Waals surface area contributed by atoms with E-state index in [4.69, 9.17) is 9.05 Å². The molecule has 2 N–H and O–H groups in total. The lowest BCUT2D eigenvalue weighted by molar-refractivity contribution is -0.870. The number of nitrogens with zero attached hydrogens (tertiary/aromatic N) is 1. The molecule has 3 unspecified atom stereocenters. The zero-order valence-corrected chi connectivity index (χ0v) is 53.5. The summed E-state index contributed by atoms with van der Waals surface area (Å²) >= 11 is 0. The molecule has 0 aliphatic heterocycles. The summed E-state index contributed by atoms with van der Waals surface area (Å²) in [5, 5.41) is 14.1. The molecule has 0 fully saturated rings. The lowest BCUT2D eigenvalue weighted by Crippen LogP contribution is -2.46. The number of carbonyl (C=O) groups excluding carboxylic acids is 1. The molecule has 0 radical (unpaired) electrons. The molecule has 460 valence electrons. The summed E-state index contributed by atoms with van der Waals surface area (Å²) < 4.78 is 23.5. The van der Waals surface area contributed by atoms with Crippen molar-refractivity contribution in [3.8, 4) is 0 Å². The number of hydrogen-bond acceptors (Lipinski definition) is 6. The molecule has 0 heterocycles. The van der Waals surface area contributed by atoms with Crippen LogP contribution in [0.3, 0.4) is 0 Å². The maximum atomic E-state index is 13.0. The highest BCUT2D eigenvalue weighted by Gasteiger charge is 2.24. The van der Waals surface area contributed by atoms with Gasteiger partial charge in [0.15, 0.2) is 0 Å². The van der Waals surface area contributed by atoms with Gasteiger partial charge in [-0.05, 0) is 70.6 Å². The van der Waals surface area contributed by atoms with E-state index in [0.717, 1.165) is 103 Å². The Bertz CT molecular complexity index is 1560. The Balaban J connectivity index is 4.13. The van der Waals surface area contributed by atoms with Gasteiger partial charge < -0.3 is 28.8 Å². The van der Waals surface area contributed by atoms with E-state index in [1.165, 1.54) is 173 Å². The molecule has 0 saturated carbocycles. The summed E-state index contributed by atoms with van der Waals surface area (Å²) in [5.41, 5.74) is 0. The molecule has 0 bridgehead atoms. The Hall–Kier alpha value is -2.32. The predicted octanol–water partition coefficient (Wildman–Crippen LogP) is 20.5. The van der Waals surface area contributed by atoms with Crippen molar-refractivity contribution in [1.29, 1.82) is 0 Å². The number of hydrogen-bond donors (Lipinski definition) is 2. The highest BCUT2D eigenvalue weighted by Crippen LogP contribution is 2.38. The zero-order chi connectivity index (χ0) is 57.7. The van der Waals surface area contributed by atoms with E-state index in [-0.39, 0.29) is 19.1 Å². The molecule has 8 nitrogen and oxygen atoms in total. The van der Waals surface area contributed by atoms with Crippen LogP contribution >= 0.6 is 7.82 Å². The number of unbranched alkanes of at least 4 members (excludes halogenated alkanes) is 34. The highest BCUT2D eigenvalue weighted by molar-refractivity contribution is 7.45. The first-order valence-corrected chi connectivity index (χ1v) is 34.9. The zero-order valence-electron chi connectivity index (χ0n) is 52.6. The second-order valence-electron chi connectivity index (χ2n) is 23.8. The molecular formula is C70H129N2O6P. The van der Waals surface area contributed by atoms with Gasteiger partial charge in [-0.15, -0.1) is 0 Å². The van der Waals surface area contributed by atoms with Gasteiger partial charge >= 0.3 is 0 Å². The predicted molar refractivity (Wildman–Crippen MR) is 343 cm³/mol. The topological polar surface area (TPSA) is 108 Å². The quantitative estimate of drug-likeness (QED) is 0.0272. The standard InChI is InChI=1S/C70H129N2O6P/c1-6-8-10-12-14-16-18-20-22-24-26-28-30-32-34-35-36-38-39-41-43-45-47-49-51-53-55-57-59-61-63-69(73)68(67-78-79(75,76)77-66-65-72(3,4)5)71-70(74)64-62-60-58-56-54-52-50-48-46-44-42-40-37-33-31-29-27-25-23-21-19-17-15-13-11-9-7-2/h9,11,15,17,21,23,27,29,33,37,42,44,48,50,68-69,73H,6-8,10,12-14,16,18-20,22,24-26,28,30-32,34-36,38-41,43,45-47,49,51-67H2,1-5H3,(H-,71,74,75,76)/b11-9-,17-15-,23-21-,29-27-,37-33-,44-42-,50-48-. The van der Waals surface area contributed by atoms with Gasteiger partial charge in [0.25, 0.3) is 7.82 Å². The number of nitrogens with one attached hydrogen (secondary N) is 1. The van der Waals surface area contributed by atoms with Gasteiger partial charge in [-0.25, -0.2) is 0 Å². The fourth-order valence-electron chi connectivity index (χ4n) is 9.73. The number of quaternary nitrogens is 1. The SMILES string of the molecule is CC/C=C\C/C=C\C/C=C\C/C=C\C/C=C\C/C=C\C/C=C\CCCCCCCC(=O)NC(COP(=O)([O-])OCC[N+](C)(C)C)C(O)CCCCCCCCCCCCCCCCCCCCCCCCCCCCCCCC. The molecule has 0 rings (SSSR count). The maximum Gasteiger partial charge on any atom is 0.268 e. The Labute approximate surface area is 490 Å². The van der Waals surface area contributed by atoms with Crippen molar-refractivity contribution in [3.63, 3.8) is 0 Å². The molecular weight excluding hydrogens is 996 g/mol. The Kier molecular flexibility index (Phi) is 58.5. The van der Waals surface area contributed by atoms with Crippen LogP contribution < -0.4 is 10.2 Å². The van der Waals surface area contributed by atoms with Crippen molar-refractivity contribution in [1.82, 2.24) is 5.32 Å². The average molecular weight is 1130 g/mol. The van der Waals surface area contributed by atoms with Crippen molar-refractivity contribution in [2.45, 2.75) is 315 Å². The number of rotatable bonds is 61. The first-order valence-electron chi connectivity index (χ1n) is 33.4. The third-order valence-electron chi connectivity index (χ3n) is 14.9. The van der Waals surface area contributed by atoms with Gasteiger partial charge in [0.1, 0.15) is 13.2 Å². The van der Waals surface area contributed by atoms with E-state index in [2.05, 4.69) is 104 Å². The van der Waals surface area contributed by atoms with Gasteiger partial charge in [0.2, 0.25) is 5.91 Å². The van der Waals surface area contributed by atoms with Crippen LogP contribution in [0.1, 0.15) is 303 Å². The fraction of sp³-hybridized carbons (Fsp3) is 0.786. The van der Waals surface area contributed by atoms with Crippen molar-refractivity contribution < 1.29 is 32.9 Å². The summed E-state index contributed by atoms with van der Waals surface area (Å²) in [6, 6.07) is -0.819. The number of phosphoric acid groups is 1. The molecule has 1 amide bonds. The van der Waals surface area contributed by atoms with Crippen LogP contribution in [0.4, 0.5) is 0 Å². The highest BCUT2D eigenvalue weighted by atomic mass is 31.2. The van der Waals surface area contributed by atoms with Gasteiger partial charge in [-0.1, -0.05) is 311 Å². The number of aliphatic hydroxyl groups excluding tert-OH is 1. The minimum atomic E-state index is -4.59. The lowest BCUT2D eigenvalue weighted by Gasteiger charge is -2.30. The van der Waals surface area contributed by atoms with Crippen LogP contribution in [-0.2, 0) is 18.4 Å². The molecule has 0 aliphatic rings. The lowest BCUT2D eigenvalue weighted by atomic mass is 10.0. The minimum absolute atomic E-state index is 0.00410. The van der Waals surface area contributed by atoms with Gasteiger partial charge in [-0.2, -0.15) is 0 Å². The van der Waals surface area contributed by atoms with E-state index >= 15 is 0 Å². The van der Waals surface area contributed by atoms with E-state index < -0.39 is 20.0 Å². The third kappa shape index (κ3) is 63.1. The number of amides is 1. The molecule has 0 saturated heterocycles. The molecule has 0 aliphatic carbocycles. The molecule has 0 spiro atoms. The molecule has 0 aromatic rings. The summed E-state index contributed by atoms with van der Waals surface area (Å²) in [5.74, 6) is -0.183. The van der Waals surface area contributed by atoms with E-state index in [9.17, 15) is 19.4 Å². The average Bonchev–Trinajstić information content (AvgIpc) is 3.42. The molecule has 9 heteroatoms. The van der Waals surface area contributed by atoms with Gasteiger partial charge in [0, 0.05) is 6.42 Å². The van der Waals surface area contributed by atoms with Crippen LogP contribution in [0, 0.1) is 0 Å². The van der Waals surface area contributed by atoms with Crippen molar-refractivity contribution >= 4 is 13.7 Å². The number of carbonyl (C=O) groups is 1. The number of allylic oxidation sites excluding steroid dienone is 14. The van der Waals surface area contributed by atoms with Crippen molar-refractivity contribution in [2.75, 3.05) is 40.9 Å². The van der Waals surface area contributed by atoms with Crippen LogP contribution in [-0.4, -0.2) is 68.5 Å². The number of aliphatic hydroxyl groups is 1.